The Kier molecular flexibility index (Phi) is 4.83. The maximum atomic E-state index is 12.9. The number of nitrogen functional groups attached to an aromatic ring is 1. The number of carbonyl (C=O) groups is 1. The summed E-state index contributed by atoms with van der Waals surface area (Å²) in [5, 5.41) is 0. The van der Waals surface area contributed by atoms with Crippen molar-refractivity contribution in [1.82, 2.24) is 4.98 Å². The maximum Gasteiger partial charge on any atom is 0.433 e. The van der Waals surface area contributed by atoms with Crippen molar-refractivity contribution in [2.45, 2.75) is 19.1 Å². The Morgan fingerprint density at radius 2 is 1.87 bits per heavy atom. The van der Waals surface area contributed by atoms with Gasteiger partial charge in [0.2, 0.25) is 5.91 Å². The van der Waals surface area contributed by atoms with Crippen LogP contribution in [-0.4, -0.2) is 10.9 Å². The van der Waals surface area contributed by atoms with Crippen molar-refractivity contribution in [3.05, 3.63) is 53.2 Å². The average Bonchev–Trinajstić information content (AvgIpc) is 2.77. The van der Waals surface area contributed by atoms with Crippen LogP contribution < -0.4 is 10.6 Å². The summed E-state index contributed by atoms with van der Waals surface area (Å²) in [6, 6.07) is 9.94. The van der Waals surface area contributed by atoms with E-state index >= 15 is 0 Å². The van der Waals surface area contributed by atoms with E-state index < -0.39 is 11.9 Å². The summed E-state index contributed by atoms with van der Waals surface area (Å²) >= 11 is 0. The molecule has 1 aromatic carbocycles. The van der Waals surface area contributed by atoms with Crippen LogP contribution in [0.5, 0.6) is 0 Å². The number of nitrogens with two attached hydrogens (primary N) is 1. The minimum atomic E-state index is -4.60. The summed E-state index contributed by atoms with van der Waals surface area (Å²) < 4.78 is 38.6. The van der Waals surface area contributed by atoms with Gasteiger partial charge in [-0.2, -0.15) is 13.2 Å². The highest BCUT2D eigenvalue weighted by Gasteiger charge is 2.37. The van der Waals surface area contributed by atoms with Crippen molar-refractivity contribution in [3.63, 3.8) is 0 Å². The van der Waals surface area contributed by atoms with Gasteiger partial charge in [0, 0.05) is 5.56 Å². The van der Waals surface area contributed by atoms with E-state index in [9.17, 15) is 18.0 Å². The highest BCUT2D eigenvalue weighted by atomic mass is 127. The van der Waals surface area contributed by atoms with Crippen LogP contribution in [0.4, 0.5) is 24.7 Å². The lowest BCUT2D eigenvalue weighted by atomic mass is 10.1. The van der Waals surface area contributed by atoms with E-state index in [-0.39, 0.29) is 54.4 Å². The van der Waals surface area contributed by atoms with Crippen molar-refractivity contribution < 1.29 is 18.0 Å². The van der Waals surface area contributed by atoms with E-state index in [0.717, 1.165) is 11.6 Å². The molecule has 8 heteroatoms. The second kappa shape index (κ2) is 6.34. The Morgan fingerprint density at radius 1 is 1.22 bits per heavy atom. The molecule has 0 saturated heterocycles. The van der Waals surface area contributed by atoms with Gasteiger partial charge in [-0.3, -0.25) is 4.79 Å². The smallest absolute Gasteiger partial charge is 0.383 e. The van der Waals surface area contributed by atoms with Crippen molar-refractivity contribution in [2.24, 2.45) is 0 Å². The van der Waals surface area contributed by atoms with Crippen molar-refractivity contribution in [1.29, 1.82) is 0 Å². The second-order valence-electron chi connectivity index (χ2n) is 5.03. The first-order valence-corrected chi connectivity index (χ1v) is 6.57. The summed E-state index contributed by atoms with van der Waals surface area (Å²) in [5.74, 6) is -0.527. The molecule has 23 heavy (non-hydrogen) atoms. The Morgan fingerprint density at radius 3 is 2.48 bits per heavy atom. The third-order valence-corrected chi connectivity index (χ3v) is 3.53. The number of benzene rings is 1. The van der Waals surface area contributed by atoms with Crippen LogP contribution in [0.2, 0.25) is 0 Å². The van der Waals surface area contributed by atoms with Crippen LogP contribution >= 0.6 is 24.0 Å². The molecule has 1 amide bonds. The number of anilines is 2. The molecule has 2 aromatic rings. The van der Waals surface area contributed by atoms with E-state index in [1.165, 1.54) is 4.90 Å². The predicted octanol–water partition coefficient (Wildman–Crippen LogP) is 3.39. The molecule has 0 radical (unpaired) electrons. The van der Waals surface area contributed by atoms with Gasteiger partial charge in [0.15, 0.2) is 0 Å². The summed E-state index contributed by atoms with van der Waals surface area (Å²) in [6.45, 7) is 0.202. The summed E-state index contributed by atoms with van der Waals surface area (Å²) in [7, 11) is 0. The lowest BCUT2D eigenvalue weighted by Gasteiger charge is -2.19. The number of pyridine rings is 1. The zero-order valence-corrected chi connectivity index (χ0v) is 14.1. The van der Waals surface area contributed by atoms with Gasteiger partial charge in [0.05, 0.1) is 18.7 Å². The number of nitrogens with zero attached hydrogens (tertiary/aromatic N) is 2. The summed E-state index contributed by atoms with van der Waals surface area (Å²) in [4.78, 5) is 16.8. The van der Waals surface area contributed by atoms with Crippen LogP contribution in [0.25, 0.3) is 0 Å². The number of rotatable bonds is 2. The fourth-order valence-electron chi connectivity index (χ4n) is 2.46. The molecule has 3 rings (SSSR count). The standard InChI is InChI=1S/C15H12F3N3O.HI/c16-15(17,18)12-7-11-10(14(19)20-12)6-13(22)21(11)8-9-4-2-1-3-5-9;/h1-5,7H,6,8H2,(H2,19,20);1H. The van der Waals surface area contributed by atoms with Gasteiger partial charge in [-0.1, -0.05) is 30.3 Å². The Labute approximate surface area is 147 Å². The van der Waals surface area contributed by atoms with Crippen LogP contribution in [0.1, 0.15) is 16.8 Å². The van der Waals surface area contributed by atoms with Crippen LogP contribution in [0.3, 0.4) is 0 Å². The average molecular weight is 435 g/mol. The highest BCUT2D eigenvalue weighted by Crippen LogP contribution is 2.38. The number of carbonyl (C=O) groups excluding carboxylic acids is 1. The summed E-state index contributed by atoms with van der Waals surface area (Å²) in [6.07, 6.45) is -4.63. The van der Waals surface area contributed by atoms with Gasteiger partial charge in [0.1, 0.15) is 11.5 Å². The van der Waals surface area contributed by atoms with Gasteiger partial charge < -0.3 is 10.6 Å². The topological polar surface area (TPSA) is 59.2 Å². The van der Waals surface area contributed by atoms with Crippen molar-refractivity contribution >= 4 is 41.4 Å². The van der Waals surface area contributed by atoms with E-state index in [2.05, 4.69) is 4.98 Å². The molecule has 0 saturated carbocycles. The van der Waals surface area contributed by atoms with Gasteiger partial charge in [-0.15, -0.1) is 24.0 Å². The minimum absolute atomic E-state index is 0. The number of hydrogen-bond acceptors (Lipinski definition) is 3. The Hall–Kier alpha value is -1.84. The van der Waals surface area contributed by atoms with Gasteiger partial charge >= 0.3 is 6.18 Å². The van der Waals surface area contributed by atoms with E-state index in [1.54, 1.807) is 24.3 Å². The maximum absolute atomic E-state index is 12.9. The molecule has 0 aliphatic carbocycles. The first-order chi connectivity index (χ1) is 10.4. The fraction of sp³-hybridized carbons (Fsp3) is 0.200. The van der Waals surface area contributed by atoms with Gasteiger partial charge in [-0.25, -0.2) is 4.98 Å². The second-order valence-corrected chi connectivity index (χ2v) is 5.03. The molecule has 1 aliphatic rings. The lowest BCUT2D eigenvalue weighted by molar-refractivity contribution is -0.141. The molecule has 0 fully saturated rings. The number of alkyl halides is 3. The third kappa shape index (κ3) is 3.41. The minimum Gasteiger partial charge on any atom is -0.383 e. The molecule has 0 atom stereocenters. The lowest BCUT2D eigenvalue weighted by Crippen LogP contribution is -2.26. The quantitative estimate of drug-likeness (QED) is 0.737. The number of halogens is 4. The Balaban J connectivity index is 0.00000192. The molecular weight excluding hydrogens is 422 g/mol. The first kappa shape index (κ1) is 17.5. The predicted molar refractivity (Wildman–Crippen MR) is 90.4 cm³/mol. The molecule has 4 nitrogen and oxygen atoms in total. The van der Waals surface area contributed by atoms with Crippen molar-refractivity contribution in [3.8, 4) is 0 Å². The van der Waals surface area contributed by atoms with Crippen molar-refractivity contribution in [2.75, 3.05) is 10.6 Å². The normalized spacial score (nSPS) is 13.7. The first-order valence-electron chi connectivity index (χ1n) is 6.57. The molecule has 2 heterocycles. The van der Waals surface area contributed by atoms with E-state index in [0.29, 0.717) is 5.56 Å². The summed E-state index contributed by atoms with van der Waals surface area (Å²) in [5.41, 5.74) is 5.88. The van der Waals surface area contributed by atoms with Gasteiger partial charge in [-0.05, 0) is 11.6 Å². The zero-order chi connectivity index (χ0) is 15.9. The molecule has 0 unspecified atom stereocenters. The largest absolute Gasteiger partial charge is 0.433 e. The molecule has 1 aromatic heterocycles. The fourth-order valence-corrected chi connectivity index (χ4v) is 2.46. The number of aromatic nitrogens is 1. The van der Waals surface area contributed by atoms with Gasteiger partial charge in [0.25, 0.3) is 0 Å². The van der Waals surface area contributed by atoms with E-state index in [4.69, 9.17) is 5.73 Å². The van der Waals surface area contributed by atoms with Crippen LogP contribution in [-0.2, 0) is 23.9 Å². The number of amides is 1. The molecule has 122 valence electrons. The highest BCUT2D eigenvalue weighted by molar-refractivity contribution is 14.0. The van der Waals surface area contributed by atoms with E-state index in [1.807, 2.05) is 6.07 Å². The SMILES string of the molecule is I.Nc1nc(C(F)(F)F)cc2c1CC(=O)N2Cc1ccccc1. The number of hydrogen-bond donors (Lipinski definition) is 1. The zero-order valence-electron chi connectivity index (χ0n) is 11.8. The molecule has 2 N–H and O–H groups in total. The molecule has 0 bridgehead atoms. The Bertz CT molecular complexity index is 735. The third-order valence-electron chi connectivity index (χ3n) is 3.53. The monoisotopic (exact) mass is 435 g/mol. The molecule has 1 aliphatic heterocycles. The molecular formula is C15H13F3IN3O. The van der Waals surface area contributed by atoms with Crippen LogP contribution in [0.15, 0.2) is 36.4 Å². The molecule has 0 spiro atoms. The van der Waals surface area contributed by atoms with Crippen LogP contribution in [0, 0.1) is 0 Å². The number of fused-ring (bicyclic) bond motifs is 1.